The SMILES string of the molecule is CCOC(=O)CN(C(=O)C1CCCc2sccc21)C1CC1. The van der Waals surface area contributed by atoms with E-state index in [1.165, 1.54) is 10.4 Å². The Kier molecular flexibility index (Phi) is 4.29. The first-order valence-corrected chi connectivity index (χ1v) is 8.61. The molecule has 5 heteroatoms. The predicted molar refractivity (Wildman–Crippen MR) is 81.4 cm³/mol. The number of nitrogens with zero attached hydrogens (tertiary/aromatic N) is 1. The minimum atomic E-state index is -0.292. The van der Waals surface area contributed by atoms with Crippen molar-refractivity contribution < 1.29 is 14.3 Å². The minimum absolute atomic E-state index is 0.0602. The number of hydrogen-bond acceptors (Lipinski definition) is 4. The molecule has 0 saturated heterocycles. The highest BCUT2D eigenvalue weighted by Crippen LogP contribution is 2.38. The standard InChI is InChI=1S/C16H21NO3S/c1-2-20-15(18)10-17(11-6-7-11)16(19)13-4-3-5-14-12(13)8-9-21-14/h8-9,11,13H,2-7,10H2,1H3. The Morgan fingerprint density at radius 1 is 1.38 bits per heavy atom. The van der Waals surface area contributed by atoms with Gasteiger partial charge in [0.05, 0.1) is 12.5 Å². The van der Waals surface area contributed by atoms with Gasteiger partial charge in [0.15, 0.2) is 0 Å². The number of hydrogen-bond donors (Lipinski definition) is 0. The van der Waals surface area contributed by atoms with Gasteiger partial charge in [0, 0.05) is 10.9 Å². The minimum Gasteiger partial charge on any atom is -0.465 e. The number of esters is 1. The van der Waals surface area contributed by atoms with Gasteiger partial charge in [0.2, 0.25) is 5.91 Å². The number of aryl methyl sites for hydroxylation is 1. The third-order valence-electron chi connectivity index (χ3n) is 4.23. The summed E-state index contributed by atoms with van der Waals surface area (Å²) in [5, 5.41) is 2.07. The van der Waals surface area contributed by atoms with E-state index in [9.17, 15) is 9.59 Å². The van der Waals surface area contributed by atoms with Gasteiger partial charge in [-0.2, -0.15) is 0 Å². The number of fused-ring (bicyclic) bond motifs is 1. The zero-order chi connectivity index (χ0) is 14.8. The van der Waals surface area contributed by atoms with E-state index in [4.69, 9.17) is 4.74 Å². The maximum Gasteiger partial charge on any atom is 0.325 e. The van der Waals surface area contributed by atoms with Gasteiger partial charge in [-0.25, -0.2) is 0 Å². The number of carbonyl (C=O) groups excluding carboxylic acids is 2. The molecule has 2 aliphatic rings. The molecule has 1 amide bonds. The van der Waals surface area contributed by atoms with Crippen LogP contribution in [0.25, 0.3) is 0 Å². The quantitative estimate of drug-likeness (QED) is 0.786. The van der Waals surface area contributed by atoms with Gasteiger partial charge in [-0.15, -0.1) is 11.3 Å². The Balaban J connectivity index is 1.75. The van der Waals surface area contributed by atoms with Crippen LogP contribution in [-0.4, -0.2) is 36.0 Å². The molecule has 0 aliphatic heterocycles. The van der Waals surface area contributed by atoms with E-state index in [-0.39, 0.29) is 30.4 Å². The highest BCUT2D eigenvalue weighted by atomic mass is 32.1. The van der Waals surface area contributed by atoms with Crippen LogP contribution in [0, 0.1) is 0 Å². The van der Waals surface area contributed by atoms with Gasteiger partial charge in [-0.3, -0.25) is 9.59 Å². The Morgan fingerprint density at radius 3 is 2.90 bits per heavy atom. The van der Waals surface area contributed by atoms with Crippen LogP contribution in [0.3, 0.4) is 0 Å². The van der Waals surface area contributed by atoms with Crippen LogP contribution in [0.1, 0.15) is 49.0 Å². The van der Waals surface area contributed by atoms with Crippen molar-refractivity contribution in [1.29, 1.82) is 0 Å². The van der Waals surface area contributed by atoms with E-state index in [1.54, 1.807) is 23.2 Å². The second-order valence-electron chi connectivity index (χ2n) is 5.75. The fourth-order valence-electron chi connectivity index (χ4n) is 3.06. The van der Waals surface area contributed by atoms with E-state index in [2.05, 4.69) is 11.4 Å². The number of carbonyl (C=O) groups is 2. The summed E-state index contributed by atoms with van der Waals surface area (Å²) in [4.78, 5) is 27.8. The average Bonchev–Trinajstić information content (AvgIpc) is 3.20. The molecule has 1 aromatic heterocycles. The van der Waals surface area contributed by atoms with Crippen LogP contribution in [0.15, 0.2) is 11.4 Å². The summed E-state index contributed by atoms with van der Waals surface area (Å²) >= 11 is 1.74. The van der Waals surface area contributed by atoms with Gasteiger partial charge in [-0.1, -0.05) is 0 Å². The first-order valence-electron chi connectivity index (χ1n) is 7.73. The van der Waals surface area contributed by atoms with Crippen LogP contribution >= 0.6 is 11.3 Å². The second-order valence-corrected chi connectivity index (χ2v) is 6.75. The molecule has 0 radical (unpaired) electrons. The molecule has 1 saturated carbocycles. The van der Waals surface area contributed by atoms with Crippen molar-refractivity contribution in [2.24, 2.45) is 0 Å². The van der Waals surface area contributed by atoms with Crippen LogP contribution in [0.4, 0.5) is 0 Å². The number of rotatable bonds is 5. The first kappa shape index (κ1) is 14.6. The third kappa shape index (κ3) is 3.12. The second kappa shape index (κ2) is 6.18. The van der Waals surface area contributed by atoms with Gasteiger partial charge < -0.3 is 9.64 Å². The summed E-state index contributed by atoms with van der Waals surface area (Å²) in [6, 6.07) is 2.32. The Bertz CT molecular complexity index is 535. The van der Waals surface area contributed by atoms with Gasteiger partial charge in [0.25, 0.3) is 0 Å². The molecule has 114 valence electrons. The highest BCUT2D eigenvalue weighted by Gasteiger charge is 2.39. The van der Waals surface area contributed by atoms with E-state index < -0.39 is 0 Å². The van der Waals surface area contributed by atoms with E-state index in [0.717, 1.165) is 32.1 Å². The molecule has 0 bridgehead atoms. The van der Waals surface area contributed by atoms with E-state index in [1.807, 2.05) is 0 Å². The summed E-state index contributed by atoms with van der Waals surface area (Å²) in [5.41, 5.74) is 1.19. The van der Waals surface area contributed by atoms with Gasteiger partial charge in [-0.05, 0) is 56.0 Å². The fraction of sp³-hybridized carbons (Fsp3) is 0.625. The average molecular weight is 307 g/mol. The maximum absolute atomic E-state index is 12.9. The van der Waals surface area contributed by atoms with Crippen molar-refractivity contribution >= 4 is 23.2 Å². The molecule has 1 heterocycles. The van der Waals surface area contributed by atoms with Gasteiger partial charge >= 0.3 is 5.97 Å². The highest BCUT2D eigenvalue weighted by molar-refractivity contribution is 7.10. The molecule has 2 aliphatic carbocycles. The monoisotopic (exact) mass is 307 g/mol. The van der Waals surface area contributed by atoms with Crippen LogP contribution in [-0.2, 0) is 20.7 Å². The first-order chi connectivity index (χ1) is 10.2. The molecule has 4 nitrogen and oxygen atoms in total. The summed E-state index contributed by atoms with van der Waals surface area (Å²) in [5.74, 6) is -0.237. The van der Waals surface area contributed by atoms with Crippen LogP contribution in [0.2, 0.25) is 0 Å². The molecule has 0 N–H and O–H groups in total. The third-order valence-corrected chi connectivity index (χ3v) is 5.22. The smallest absolute Gasteiger partial charge is 0.325 e. The largest absolute Gasteiger partial charge is 0.465 e. The summed E-state index contributed by atoms with van der Waals surface area (Å²) in [7, 11) is 0. The van der Waals surface area contributed by atoms with Crippen molar-refractivity contribution in [2.45, 2.75) is 51.0 Å². The van der Waals surface area contributed by atoms with Crippen LogP contribution < -0.4 is 0 Å². The summed E-state index contributed by atoms with van der Waals surface area (Å²) in [6.45, 7) is 2.26. The molecule has 1 aromatic rings. The lowest BCUT2D eigenvalue weighted by Crippen LogP contribution is -2.41. The zero-order valence-electron chi connectivity index (χ0n) is 12.3. The lowest BCUT2D eigenvalue weighted by Gasteiger charge is -2.29. The van der Waals surface area contributed by atoms with E-state index in [0.29, 0.717) is 6.61 Å². The van der Waals surface area contributed by atoms with Crippen LogP contribution in [0.5, 0.6) is 0 Å². The molecule has 0 aromatic carbocycles. The van der Waals surface area contributed by atoms with Crippen molar-refractivity contribution in [3.8, 4) is 0 Å². The van der Waals surface area contributed by atoms with Crippen molar-refractivity contribution in [3.63, 3.8) is 0 Å². The fourth-order valence-corrected chi connectivity index (χ4v) is 4.05. The molecule has 1 atom stereocenters. The lowest BCUT2D eigenvalue weighted by atomic mass is 9.86. The molecule has 0 spiro atoms. The Labute approximate surface area is 129 Å². The maximum atomic E-state index is 12.9. The predicted octanol–water partition coefficient (Wildman–Crippen LogP) is 2.72. The Morgan fingerprint density at radius 2 is 2.19 bits per heavy atom. The molecule has 1 fully saturated rings. The zero-order valence-corrected chi connectivity index (χ0v) is 13.2. The van der Waals surface area contributed by atoms with Crippen molar-refractivity contribution in [3.05, 3.63) is 21.9 Å². The summed E-state index contributed by atoms with van der Waals surface area (Å²) < 4.78 is 5.01. The number of thiophene rings is 1. The Hall–Kier alpha value is -1.36. The topological polar surface area (TPSA) is 46.6 Å². The van der Waals surface area contributed by atoms with Crippen molar-refractivity contribution in [2.75, 3.05) is 13.2 Å². The normalized spacial score (nSPS) is 20.7. The molecule has 21 heavy (non-hydrogen) atoms. The molecule has 1 unspecified atom stereocenters. The number of amides is 1. The molecular weight excluding hydrogens is 286 g/mol. The van der Waals surface area contributed by atoms with Crippen molar-refractivity contribution in [1.82, 2.24) is 4.90 Å². The lowest BCUT2D eigenvalue weighted by molar-refractivity contribution is -0.150. The molecular formula is C16H21NO3S. The summed E-state index contributed by atoms with van der Waals surface area (Å²) in [6.07, 6.45) is 5.05. The number of ether oxygens (including phenoxy) is 1. The molecule has 3 rings (SSSR count). The van der Waals surface area contributed by atoms with E-state index >= 15 is 0 Å². The van der Waals surface area contributed by atoms with Gasteiger partial charge in [0.1, 0.15) is 6.54 Å².